The molecule has 0 aromatic carbocycles. The molecule has 0 N–H and O–H groups in total. The van der Waals surface area contributed by atoms with Gasteiger partial charge >= 0.3 is 97.2 Å². The van der Waals surface area contributed by atoms with Crippen molar-refractivity contribution in [2.24, 2.45) is 0 Å². The molecule has 0 saturated carbocycles. The van der Waals surface area contributed by atoms with Gasteiger partial charge in [0.15, 0.2) is 0 Å². The summed E-state index contributed by atoms with van der Waals surface area (Å²) in [5.74, 6) is 0. The molecule has 78 valence electrons. The zero-order chi connectivity index (χ0) is 10.3. The summed E-state index contributed by atoms with van der Waals surface area (Å²) >= 11 is -1.82. The number of allylic oxidation sites excluding steroid dienone is 8. The first-order chi connectivity index (χ1) is 7.35. The number of hydrogen-bond donors (Lipinski definition) is 0. The van der Waals surface area contributed by atoms with E-state index in [4.69, 9.17) is 0 Å². The van der Waals surface area contributed by atoms with E-state index in [0.29, 0.717) is 0 Å². The van der Waals surface area contributed by atoms with Crippen LogP contribution in [0.4, 0.5) is 0 Å². The normalized spacial score (nSPS) is 26.3. The van der Waals surface area contributed by atoms with E-state index < -0.39 is 20.3 Å². The molecule has 1 fully saturated rings. The van der Waals surface area contributed by atoms with Crippen LogP contribution in [0.3, 0.4) is 0 Å². The molecule has 0 aromatic rings. The molecule has 3 rings (SSSR count). The summed E-state index contributed by atoms with van der Waals surface area (Å²) < 4.78 is 6.97. The summed E-state index contributed by atoms with van der Waals surface area (Å²) in [6.45, 7) is 2.27. The van der Waals surface area contributed by atoms with E-state index in [1.807, 2.05) is 6.56 Å². The van der Waals surface area contributed by atoms with Gasteiger partial charge < -0.3 is 0 Å². The topological polar surface area (TPSA) is 0 Å². The van der Waals surface area contributed by atoms with Gasteiger partial charge in [-0.25, -0.2) is 0 Å². The van der Waals surface area contributed by atoms with Gasteiger partial charge in [0, 0.05) is 0 Å². The molecule has 0 radical (unpaired) electrons. The fourth-order valence-electron chi connectivity index (χ4n) is 2.94. The molecule has 0 nitrogen and oxygen atoms in total. The quantitative estimate of drug-likeness (QED) is 0.714. The third-order valence-corrected chi connectivity index (χ3v) is 15.6. The minimum atomic E-state index is -1.82. The van der Waals surface area contributed by atoms with Gasteiger partial charge in [-0.15, -0.1) is 0 Å². The Kier molecular flexibility index (Phi) is 2.47. The van der Waals surface area contributed by atoms with E-state index in [2.05, 4.69) is 37.3 Å². The van der Waals surface area contributed by atoms with E-state index in [1.54, 1.807) is 13.8 Å². The van der Waals surface area contributed by atoms with Crippen LogP contribution in [0, 0.1) is 0 Å². The van der Waals surface area contributed by atoms with Crippen molar-refractivity contribution in [3.8, 4) is 0 Å². The molecule has 1 saturated heterocycles. The predicted molar refractivity (Wildman–Crippen MR) is 62.5 cm³/mol. The third kappa shape index (κ3) is 1.60. The summed E-state index contributed by atoms with van der Waals surface area (Å²) in [7, 11) is 0. The summed E-state index contributed by atoms with van der Waals surface area (Å²) in [6, 6.07) is 0. The molecular formula is C14H18Zr. The van der Waals surface area contributed by atoms with Crippen LogP contribution in [0.15, 0.2) is 42.5 Å². The van der Waals surface area contributed by atoms with E-state index in [1.165, 1.54) is 19.3 Å². The first-order valence-corrected chi connectivity index (χ1v) is 12.0. The van der Waals surface area contributed by atoms with Crippen LogP contribution in [0.25, 0.3) is 0 Å². The molecule has 1 aliphatic heterocycles. The van der Waals surface area contributed by atoms with Crippen LogP contribution in [0.1, 0.15) is 26.2 Å². The first kappa shape index (κ1) is 10.0. The van der Waals surface area contributed by atoms with Crippen LogP contribution in [0.5, 0.6) is 0 Å². The maximum atomic E-state index is 2.56. The molecular weight excluding hydrogens is 259 g/mol. The molecule has 3 aliphatic rings. The average Bonchev–Trinajstić information content (AvgIpc) is 2.76. The Morgan fingerprint density at radius 3 is 2.60 bits per heavy atom. The Balaban J connectivity index is 1.84. The Hall–Kier alpha value is -0.157. The fourth-order valence-corrected chi connectivity index (χ4v) is 16.0. The molecule has 0 bridgehead atoms. The molecule has 0 spiro atoms. The Morgan fingerprint density at radius 1 is 1.20 bits per heavy atom. The third-order valence-electron chi connectivity index (χ3n) is 4.10. The second-order valence-corrected chi connectivity index (χ2v) is 15.8. The summed E-state index contributed by atoms with van der Waals surface area (Å²) in [6.07, 6.45) is 15.9. The SMILES string of the molecule is CCC1=CC[C]([Zr]2([C]3=CC=CC3)[CH2][CH2]2)=C1. The molecule has 1 heteroatoms. The van der Waals surface area contributed by atoms with Crippen molar-refractivity contribution in [3.63, 3.8) is 0 Å². The Morgan fingerprint density at radius 2 is 2.07 bits per heavy atom. The van der Waals surface area contributed by atoms with Crippen molar-refractivity contribution in [2.45, 2.75) is 34.4 Å². The van der Waals surface area contributed by atoms with Crippen molar-refractivity contribution in [3.05, 3.63) is 42.5 Å². The molecule has 0 aromatic heterocycles. The van der Waals surface area contributed by atoms with E-state index in [-0.39, 0.29) is 0 Å². The molecule has 0 atom stereocenters. The fraction of sp³-hybridized carbons (Fsp3) is 0.429. The predicted octanol–water partition coefficient (Wildman–Crippen LogP) is 4.46. The van der Waals surface area contributed by atoms with E-state index in [0.717, 1.165) is 0 Å². The van der Waals surface area contributed by atoms with Crippen LogP contribution in [-0.2, 0) is 20.3 Å². The van der Waals surface area contributed by atoms with E-state index >= 15 is 0 Å². The van der Waals surface area contributed by atoms with Crippen molar-refractivity contribution in [2.75, 3.05) is 0 Å². The van der Waals surface area contributed by atoms with Gasteiger partial charge in [-0.1, -0.05) is 0 Å². The standard InChI is InChI=1S/C7H9.C5H5.C2H4.Zr/c1-2-7-5-3-4-6-7;1-2-4-5-3-1;1-2;/h5-6H,2-3H2,1H3;1-3H,4H2;1-2H2;. The molecule has 15 heavy (non-hydrogen) atoms. The van der Waals surface area contributed by atoms with Crippen molar-refractivity contribution in [1.29, 1.82) is 0 Å². The van der Waals surface area contributed by atoms with Crippen molar-refractivity contribution < 1.29 is 20.3 Å². The van der Waals surface area contributed by atoms with Gasteiger partial charge in [0.05, 0.1) is 0 Å². The minimum absolute atomic E-state index is 1.22. The summed E-state index contributed by atoms with van der Waals surface area (Å²) in [5.41, 5.74) is 1.60. The Labute approximate surface area is 96.9 Å². The Bertz CT molecular complexity index is 403. The van der Waals surface area contributed by atoms with Gasteiger partial charge in [0.2, 0.25) is 0 Å². The van der Waals surface area contributed by atoms with Gasteiger partial charge in [-0.2, -0.15) is 0 Å². The average molecular weight is 278 g/mol. The zero-order valence-corrected chi connectivity index (χ0v) is 11.9. The first-order valence-electron chi connectivity index (χ1n) is 6.11. The molecule has 0 amide bonds. The van der Waals surface area contributed by atoms with Gasteiger partial charge in [0.1, 0.15) is 0 Å². The van der Waals surface area contributed by atoms with E-state index in [9.17, 15) is 0 Å². The monoisotopic (exact) mass is 276 g/mol. The number of rotatable bonds is 3. The second-order valence-electron chi connectivity index (χ2n) is 4.91. The molecule has 0 unspecified atom stereocenters. The van der Waals surface area contributed by atoms with Gasteiger partial charge in [-0.05, 0) is 0 Å². The second kappa shape index (κ2) is 3.70. The van der Waals surface area contributed by atoms with Crippen molar-refractivity contribution in [1.82, 2.24) is 0 Å². The van der Waals surface area contributed by atoms with Crippen LogP contribution < -0.4 is 0 Å². The zero-order valence-electron chi connectivity index (χ0n) is 9.42. The van der Waals surface area contributed by atoms with Gasteiger partial charge in [0.25, 0.3) is 0 Å². The summed E-state index contributed by atoms with van der Waals surface area (Å²) in [5, 5.41) is 0. The number of hydrogen-bond acceptors (Lipinski definition) is 0. The van der Waals surface area contributed by atoms with Crippen molar-refractivity contribution >= 4 is 0 Å². The maximum absolute atomic E-state index is 2.56. The van der Waals surface area contributed by atoms with Crippen LogP contribution >= 0.6 is 0 Å². The van der Waals surface area contributed by atoms with Crippen LogP contribution in [-0.4, -0.2) is 0 Å². The van der Waals surface area contributed by atoms with Crippen LogP contribution in [0.2, 0.25) is 8.26 Å². The molecule has 2 aliphatic carbocycles. The molecule has 1 heterocycles. The summed E-state index contributed by atoms with van der Waals surface area (Å²) in [4.78, 5) is 0. The van der Waals surface area contributed by atoms with Gasteiger partial charge in [-0.3, -0.25) is 0 Å².